The van der Waals surface area contributed by atoms with Crippen molar-refractivity contribution in [2.45, 2.75) is 18.4 Å². The van der Waals surface area contributed by atoms with E-state index in [1.807, 2.05) is 43.3 Å². The van der Waals surface area contributed by atoms with Crippen LogP contribution in [0.2, 0.25) is 5.02 Å². The van der Waals surface area contributed by atoms with Gasteiger partial charge in [-0.1, -0.05) is 59.6 Å². The van der Waals surface area contributed by atoms with Crippen molar-refractivity contribution in [2.24, 2.45) is 0 Å². The third-order valence-corrected chi connectivity index (χ3v) is 11.2. The average Bonchev–Trinajstić information content (AvgIpc) is 3.60. The number of rotatable bonds is 6. The first kappa shape index (κ1) is 27.3. The Labute approximate surface area is 254 Å². The summed E-state index contributed by atoms with van der Waals surface area (Å²) in [5, 5.41) is 1.92. The van der Waals surface area contributed by atoms with E-state index in [1.165, 1.54) is 15.0 Å². The van der Waals surface area contributed by atoms with Crippen LogP contribution in [0.5, 0.6) is 0 Å². The van der Waals surface area contributed by atoms with E-state index in [0.29, 0.717) is 42.6 Å². The molecule has 0 radical (unpaired) electrons. The maximum absolute atomic E-state index is 13.3. The molecule has 0 N–H and O–H groups in total. The maximum atomic E-state index is 13.3. The van der Waals surface area contributed by atoms with Gasteiger partial charge in [-0.2, -0.15) is 4.31 Å². The Kier molecular flexibility index (Phi) is 7.12. The van der Waals surface area contributed by atoms with Crippen LogP contribution in [0.4, 0.5) is 0 Å². The quantitative estimate of drug-likeness (QED) is 0.197. The van der Waals surface area contributed by atoms with Crippen LogP contribution in [-0.2, 0) is 16.6 Å². The number of aromatic nitrogens is 2. The van der Waals surface area contributed by atoms with Crippen LogP contribution in [0.1, 0.15) is 11.3 Å². The van der Waals surface area contributed by atoms with Crippen molar-refractivity contribution < 1.29 is 8.42 Å². The van der Waals surface area contributed by atoms with E-state index in [9.17, 15) is 8.42 Å². The summed E-state index contributed by atoms with van der Waals surface area (Å²) in [6.07, 6.45) is 2.18. The Bertz CT molecular complexity index is 1970. The molecule has 0 unspecified atom stereocenters. The van der Waals surface area contributed by atoms with E-state index < -0.39 is 10.0 Å². The van der Waals surface area contributed by atoms with Gasteiger partial charge in [0.05, 0.1) is 16.3 Å². The Morgan fingerprint density at radius 2 is 1.57 bits per heavy atom. The Balaban J connectivity index is 1.21. The molecular formula is C33H29ClN4O2S2. The summed E-state index contributed by atoms with van der Waals surface area (Å²) < 4.78 is 31.6. The van der Waals surface area contributed by atoms with Gasteiger partial charge in [-0.3, -0.25) is 4.90 Å². The molecule has 0 bridgehead atoms. The second-order valence-electron chi connectivity index (χ2n) is 10.7. The third kappa shape index (κ3) is 5.14. The zero-order chi connectivity index (χ0) is 28.8. The summed E-state index contributed by atoms with van der Waals surface area (Å²) in [7, 11) is -3.52. The Hall–Kier alpha value is -3.53. The zero-order valence-electron chi connectivity index (χ0n) is 23.1. The van der Waals surface area contributed by atoms with Crippen LogP contribution in [0.3, 0.4) is 0 Å². The molecule has 1 aliphatic rings. The fraction of sp³-hybridized carbons (Fsp3) is 0.182. The number of imidazole rings is 1. The van der Waals surface area contributed by atoms with E-state index >= 15 is 0 Å². The molecule has 4 heterocycles. The number of sulfonamides is 1. The van der Waals surface area contributed by atoms with Crippen LogP contribution >= 0.6 is 22.9 Å². The summed E-state index contributed by atoms with van der Waals surface area (Å²) in [5.74, 6) is 0. The number of pyridine rings is 1. The van der Waals surface area contributed by atoms with Gasteiger partial charge in [0.25, 0.3) is 0 Å². The predicted octanol–water partition coefficient (Wildman–Crippen LogP) is 7.35. The molecule has 6 nitrogen and oxygen atoms in total. The SMILES string of the molecule is Cc1ccc(S(=O)(=O)N2CCN(Cc3c(-c4ccc(Cl)cc4)nc4ccc(-c5cc6ccccc6s5)cn34)CC2)cc1. The summed E-state index contributed by atoms with van der Waals surface area (Å²) >= 11 is 8.00. The van der Waals surface area contributed by atoms with Gasteiger partial charge in [0.1, 0.15) is 5.65 Å². The second-order valence-corrected chi connectivity index (χ2v) is 14.2. The summed E-state index contributed by atoms with van der Waals surface area (Å²) in [6, 6.07) is 29.8. The van der Waals surface area contributed by atoms with Crippen LogP contribution in [0, 0.1) is 6.92 Å². The molecule has 1 aliphatic heterocycles. The minimum Gasteiger partial charge on any atom is -0.301 e. The van der Waals surface area contributed by atoms with Crippen LogP contribution in [-0.4, -0.2) is 53.2 Å². The average molecular weight is 613 g/mol. The van der Waals surface area contributed by atoms with Gasteiger partial charge < -0.3 is 4.40 Å². The third-order valence-electron chi connectivity index (χ3n) is 7.91. The van der Waals surface area contributed by atoms with Crippen molar-refractivity contribution in [3.63, 3.8) is 0 Å². The number of nitrogens with zero attached hydrogens (tertiary/aromatic N) is 4. The maximum Gasteiger partial charge on any atom is 0.243 e. The molecular weight excluding hydrogens is 584 g/mol. The Morgan fingerprint density at radius 1 is 0.857 bits per heavy atom. The van der Waals surface area contributed by atoms with Gasteiger partial charge in [0, 0.05) is 64.6 Å². The smallest absolute Gasteiger partial charge is 0.243 e. The minimum atomic E-state index is -3.52. The predicted molar refractivity (Wildman–Crippen MR) is 172 cm³/mol. The molecule has 0 aliphatic carbocycles. The molecule has 0 amide bonds. The van der Waals surface area contributed by atoms with E-state index in [2.05, 4.69) is 58.0 Å². The molecule has 0 spiro atoms. The molecule has 7 rings (SSSR count). The fourth-order valence-electron chi connectivity index (χ4n) is 5.55. The Morgan fingerprint density at radius 3 is 2.31 bits per heavy atom. The van der Waals surface area contributed by atoms with Crippen molar-refractivity contribution in [1.82, 2.24) is 18.6 Å². The lowest BCUT2D eigenvalue weighted by molar-refractivity contribution is 0.180. The van der Waals surface area contributed by atoms with E-state index in [4.69, 9.17) is 16.6 Å². The van der Waals surface area contributed by atoms with Gasteiger partial charge >= 0.3 is 0 Å². The monoisotopic (exact) mass is 612 g/mol. The first-order valence-corrected chi connectivity index (χ1v) is 16.5. The summed E-state index contributed by atoms with van der Waals surface area (Å²) in [5.41, 5.74) is 6.04. The van der Waals surface area contributed by atoms with E-state index in [0.717, 1.165) is 33.7 Å². The largest absolute Gasteiger partial charge is 0.301 e. The zero-order valence-corrected chi connectivity index (χ0v) is 25.5. The first-order valence-electron chi connectivity index (χ1n) is 13.9. The van der Waals surface area contributed by atoms with Crippen LogP contribution < -0.4 is 0 Å². The molecule has 3 aromatic carbocycles. The van der Waals surface area contributed by atoms with Gasteiger partial charge in [-0.15, -0.1) is 11.3 Å². The lowest BCUT2D eigenvalue weighted by atomic mass is 10.1. The highest BCUT2D eigenvalue weighted by Gasteiger charge is 2.29. The van der Waals surface area contributed by atoms with E-state index in [-0.39, 0.29) is 0 Å². The number of fused-ring (bicyclic) bond motifs is 2. The second kappa shape index (κ2) is 10.9. The van der Waals surface area contributed by atoms with Crippen LogP contribution in [0.15, 0.2) is 102 Å². The molecule has 0 atom stereocenters. The lowest BCUT2D eigenvalue weighted by Gasteiger charge is -2.34. The summed E-state index contributed by atoms with van der Waals surface area (Å²) in [4.78, 5) is 8.92. The topological polar surface area (TPSA) is 57.9 Å². The van der Waals surface area contributed by atoms with Crippen LogP contribution in [0.25, 0.3) is 37.4 Å². The summed E-state index contributed by atoms with van der Waals surface area (Å²) in [6.45, 7) is 4.75. The lowest BCUT2D eigenvalue weighted by Crippen LogP contribution is -2.48. The fourth-order valence-corrected chi connectivity index (χ4v) is 8.15. The minimum absolute atomic E-state index is 0.349. The van der Waals surface area contributed by atoms with Crippen molar-refractivity contribution >= 4 is 48.7 Å². The van der Waals surface area contributed by atoms with Crippen molar-refractivity contribution in [2.75, 3.05) is 26.2 Å². The number of aryl methyl sites for hydroxylation is 1. The highest BCUT2D eigenvalue weighted by atomic mass is 35.5. The number of benzene rings is 3. The first-order chi connectivity index (χ1) is 20.3. The van der Waals surface area contributed by atoms with Gasteiger partial charge in [-0.25, -0.2) is 13.4 Å². The normalized spacial score (nSPS) is 15.1. The molecule has 1 fully saturated rings. The molecule has 212 valence electrons. The van der Waals surface area contributed by atoms with E-state index in [1.54, 1.807) is 27.8 Å². The molecule has 9 heteroatoms. The molecule has 3 aromatic heterocycles. The highest BCUT2D eigenvalue weighted by molar-refractivity contribution is 7.89. The molecule has 6 aromatic rings. The molecule has 0 saturated carbocycles. The van der Waals surface area contributed by atoms with Crippen molar-refractivity contribution in [3.8, 4) is 21.7 Å². The molecule has 42 heavy (non-hydrogen) atoms. The number of hydrogen-bond acceptors (Lipinski definition) is 5. The van der Waals surface area contributed by atoms with Gasteiger partial charge in [0.2, 0.25) is 10.0 Å². The number of thiophene rings is 1. The number of hydrogen-bond donors (Lipinski definition) is 0. The number of halogens is 1. The van der Waals surface area contributed by atoms with Crippen molar-refractivity contribution in [3.05, 3.63) is 113 Å². The highest BCUT2D eigenvalue weighted by Crippen LogP contribution is 2.35. The standard InChI is InChI=1S/C33H29ClN4O2S2/c1-23-6-13-28(14-7-23)42(39,40)37-18-16-36(17-19-37)22-29-33(24-8-11-27(34)12-9-24)35-32-15-10-26(21-38(29)32)31-20-25-4-2-3-5-30(25)41-31/h2-15,20-21H,16-19,22H2,1H3. The molecule has 1 saturated heterocycles. The van der Waals surface area contributed by atoms with Crippen molar-refractivity contribution in [1.29, 1.82) is 0 Å². The number of piperazine rings is 1. The van der Waals surface area contributed by atoms with Gasteiger partial charge in [-0.05, 0) is 60.8 Å². The van der Waals surface area contributed by atoms with Gasteiger partial charge in [0.15, 0.2) is 0 Å².